The Labute approximate surface area is 131 Å². The maximum Gasteiger partial charge on any atom is 0.227 e. The Morgan fingerprint density at radius 3 is 2.82 bits per heavy atom. The number of rotatable bonds is 5. The molecule has 1 aromatic rings. The molecule has 6 heteroatoms. The number of hydrogen-bond acceptors (Lipinski definition) is 5. The molecule has 6 nitrogen and oxygen atoms in total. The first-order valence-electron chi connectivity index (χ1n) is 8.15. The van der Waals surface area contributed by atoms with E-state index in [-0.39, 0.29) is 24.0 Å². The van der Waals surface area contributed by atoms with Crippen LogP contribution in [0.3, 0.4) is 0 Å². The van der Waals surface area contributed by atoms with E-state index in [9.17, 15) is 4.79 Å². The van der Waals surface area contributed by atoms with Crippen LogP contribution in [0.25, 0.3) is 0 Å². The molecule has 1 fully saturated rings. The van der Waals surface area contributed by atoms with Crippen LogP contribution in [0.5, 0.6) is 0 Å². The number of likely N-dealkylation sites (tertiary alicyclic amines) is 1. The minimum atomic E-state index is -0.148. The summed E-state index contributed by atoms with van der Waals surface area (Å²) in [6.45, 7) is 7.01. The Balaban J connectivity index is 1.90. The lowest BCUT2D eigenvalue weighted by Crippen LogP contribution is -2.44. The van der Waals surface area contributed by atoms with Crippen molar-refractivity contribution in [2.75, 3.05) is 13.2 Å². The number of carbonyl (C=O) groups is 1. The van der Waals surface area contributed by atoms with Gasteiger partial charge in [0.2, 0.25) is 11.8 Å². The molecule has 1 N–H and O–H groups in total. The number of carbonyl (C=O) groups excluding carboxylic acids is 1. The largest absolute Gasteiger partial charge is 0.396 e. The van der Waals surface area contributed by atoms with Crippen molar-refractivity contribution in [2.45, 2.75) is 70.8 Å². The molecule has 1 saturated heterocycles. The normalized spacial score (nSPS) is 19.5. The predicted octanol–water partition coefficient (Wildman–Crippen LogP) is 2.06. The van der Waals surface area contributed by atoms with Gasteiger partial charge >= 0.3 is 0 Å². The number of amides is 1. The highest BCUT2D eigenvalue weighted by atomic mass is 16.5. The first kappa shape index (κ1) is 16.9. The lowest BCUT2D eigenvalue weighted by molar-refractivity contribution is -0.135. The SMILES string of the molecule is CC(C)(C)c1noc(CCC(=O)N2CCCCC2CCO)n1. The fourth-order valence-electron chi connectivity index (χ4n) is 2.80. The lowest BCUT2D eigenvalue weighted by atomic mass is 9.96. The van der Waals surface area contributed by atoms with Gasteiger partial charge in [-0.25, -0.2) is 0 Å². The second-order valence-electron chi connectivity index (χ2n) is 7.01. The van der Waals surface area contributed by atoms with E-state index in [4.69, 9.17) is 9.63 Å². The van der Waals surface area contributed by atoms with E-state index in [1.54, 1.807) is 0 Å². The van der Waals surface area contributed by atoms with Crippen LogP contribution in [-0.4, -0.2) is 45.2 Å². The summed E-state index contributed by atoms with van der Waals surface area (Å²) >= 11 is 0. The second-order valence-corrected chi connectivity index (χ2v) is 7.01. The number of aliphatic hydroxyl groups excluding tert-OH is 1. The van der Waals surface area contributed by atoms with Gasteiger partial charge in [-0.05, 0) is 25.7 Å². The van der Waals surface area contributed by atoms with Crippen molar-refractivity contribution in [3.05, 3.63) is 11.7 Å². The summed E-state index contributed by atoms with van der Waals surface area (Å²) in [6.07, 6.45) is 4.69. The van der Waals surface area contributed by atoms with Gasteiger partial charge in [-0.3, -0.25) is 4.79 Å². The molecule has 0 aliphatic carbocycles. The zero-order valence-electron chi connectivity index (χ0n) is 13.8. The molecule has 124 valence electrons. The molecule has 1 aliphatic heterocycles. The van der Waals surface area contributed by atoms with E-state index >= 15 is 0 Å². The average Bonchev–Trinajstić information content (AvgIpc) is 2.95. The van der Waals surface area contributed by atoms with E-state index in [0.29, 0.717) is 31.0 Å². The zero-order chi connectivity index (χ0) is 16.2. The molecule has 1 aromatic heterocycles. The van der Waals surface area contributed by atoms with Gasteiger partial charge in [0.05, 0.1) is 0 Å². The van der Waals surface area contributed by atoms with Crippen LogP contribution in [0.2, 0.25) is 0 Å². The van der Waals surface area contributed by atoms with Gasteiger partial charge in [0, 0.05) is 37.5 Å². The Morgan fingerprint density at radius 1 is 1.41 bits per heavy atom. The molecule has 22 heavy (non-hydrogen) atoms. The van der Waals surface area contributed by atoms with Gasteiger partial charge in [-0.1, -0.05) is 25.9 Å². The molecule has 1 aliphatic rings. The molecule has 1 unspecified atom stereocenters. The number of aryl methyl sites for hydroxylation is 1. The monoisotopic (exact) mass is 309 g/mol. The molecule has 0 saturated carbocycles. The first-order valence-corrected chi connectivity index (χ1v) is 8.15. The Hall–Kier alpha value is -1.43. The van der Waals surface area contributed by atoms with Crippen molar-refractivity contribution >= 4 is 5.91 Å². The summed E-state index contributed by atoms with van der Waals surface area (Å²) in [5.74, 6) is 1.31. The molecule has 1 amide bonds. The Morgan fingerprint density at radius 2 is 2.18 bits per heavy atom. The van der Waals surface area contributed by atoms with E-state index < -0.39 is 0 Å². The number of piperidine rings is 1. The van der Waals surface area contributed by atoms with Crippen molar-refractivity contribution in [3.63, 3.8) is 0 Å². The van der Waals surface area contributed by atoms with Crippen molar-refractivity contribution < 1.29 is 14.4 Å². The van der Waals surface area contributed by atoms with Crippen LogP contribution in [-0.2, 0) is 16.6 Å². The molecule has 0 bridgehead atoms. The fraction of sp³-hybridized carbons (Fsp3) is 0.812. The molecular weight excluding hydrogens is 282 g/mol. The van der Waals surface area contributed by atoms with Crippen molar-refractivity contribution in [1.82, 2.24) is 15.0 Å². The summed E-state index contributed by atoms with van der Waals surface area (Å²) in [5, 5.41) is 13.1. The van der Waals surface area contributed by atoms with Gasteiger partial charge < -0.3 is 14.5 Å². The van der Waals surface area contributed by atoms with E-state index in [2.05, 4.69) is 10.1 Å². The van der Waals surface area contributed by atoms with Gasteiger partial charge in [0.15, 0.2) is 5.82 Å². The van der Waals surface area contributed by atoms with Crippen LogP contribution in [0.1, 0.15) is 64.6 Å². The van der Waals surface area contributed by atoms with Crippen LogP contribution < -0.4 is 0 Å². The highest BCUT2D eigenvalue weighted by Gasteiger charge is 2.26. The summed E-state index contributed by atoms with van der Waals surface area (Å²) in [7, 11) is 0. The predicted molar refractivity (Wildman–Crippen MR) is 82.4 cm³/mol. The number of aromatic nitrogens is 2. The van der Waals surface area contributed by atoms with Crippen LogP contribution in [0.15, 0.2) is 4.52 Å². The molecule has 2 rings (SSSR count). The van der Waals surface area contributed by atoms with Gasteiger partial charge in [-0.15, -0.1) is 0 Å². The van der Waals surface area contributed by atoms with E-state index in [1.165, 1.54) is 0 Å². The average molecular weight is 309 g/mol. The standard InChI is InChI=1S/C16H27N3O3/c1-16(2,3)15-17-13(22-18-15)7-8-14(21)19-10-5-4-6-12(19)9-11-20/h12,20H,4-11H2,1-3H3. The third kappa shape index (κ3) is 4.29. The van der Waals surface area contributed by atoms with E-state index in [1.807, 2.05) is 25.7 Å². The van der Waals surface area contributed by atoms with Crippen LogP contribution in [0, 0.1) is 0 Å². The van der Waals surface area contributed by atoms with Gasteiger partial charge in [-0.2, -0.15) is 4.98 Å². The van der Waals surface area contributed by atoms with E-state index in [0.717, 1.165) is 25.8 Å². The summed E-state index contributed by atoms with van der Waals surface area (Å²) in [4.78, 5) is 18.7. The first-order chi connectivity index (χ1) is 10.4. The zero-order valence-corrected chi connectivity index (χ0v) is 13.8. The van der Waals surface area contributed by atoms with Crippen LogP contribution in [0.4, 0.5) is 0 Å². The summed E-state index contributed by atoms with van der Waals surface area (Å²) in [6, 6.07) is 0.180. The smallest absolute Gasteiger partial charge is 0.227 e. The summed E-state index contributed by atoms with van der Waals surface area (Å²) in [5.41, 5.74) is -0.148. The van der Waals surface area contributed by atoms with Crippen molar-refractivity contribution in [3.8, 4) is 0 Å². The minimum absolute atomic E-state index is 0.119. The van der Waals surface area contributed by atoms with Crippen molar-refractivity contribution in [2.24, 2.45) is 0 Å². The van der Waals surface area contributed by atoms with Gasteiger partial charge in [0.1, 0.15) is 0 Å². The third-order valence-corrected chi connectivity index (χ3v) is 4.10. The van der Waals surface area contributed by atoms with Crippen LogP contribution >= 0.6 is 0 Å². The lowest BCUT2D eigenvalue weighted by Gasteiger charge is -2.35. The topological polar surface area (TPSA) is 79.5 Å². The molecule has 1 atom stereocenters. The Kier molecular flexibility index (Phi) is 5.56. The minimum Gasteiger partial charge on any atom is -0.396 e. The third-order valence-electron chi connectivity index (χ3n) is 4.10. The number of nitrogens with zero attached hydrogens (tertiary/aromatic N) is 3. The molecule has 2 heterocycles. The molecule has 0 aromatic carbocycles. The second kappa shape index (κ2) is 7.22. The maximum absolute atomic E-state index is 12.4. The number of hydrogen-bond donors (Lipinski definition) is 1. The molecular formula is C16H27N3O3. The Bertz CT molecular complexity index is 491. The summed E-state index contributed by atoms with van der Waals surface area (Å²) < 4.78 is 5.23. The highest BCUT2D eigenvalue weighted by Crippen LogP contribution is 2.22. The quantitative estimate of drug-likeness (QED) is 0.900. The molecule has 0 spiro atoms. The fourth-order valence-corrected chi connectivity index (χ4v) is 2.80. The maximum atomic E-state index is 12.4. The number of aliphatic hydroxyl groups is 1. The van der Waals surface area contributed by atoms with Crippen molar-refractivity contribution in [1.29, 1.82) is 0 Å². The highest BCUT2D eigenvalue weighted by molar-refractivity contribution is 5.76. The molecule has 0 radical (unpaired) electrons. The van der Waals surface area contributed by atoms with Gasteiger partial charge in [0.25, 0.3) is 0 Å².